The highest BCUT2D eigenvalue weighted by atomic mass is 35.5. The van der Waals surface area contributed by atoms with E-state index in [1.54, 1.807) is 60.4 Å². The van der Waals surface area contributed by atoms with E-state index >= 15 is 0 Å². The number of para-hydroxylation sites is 1. The molecule has 0 radical (unpaired) electrons. The maximum atomic E-state index is 13.7. The minimum atomic E-state index is -4.10. The van der Waals surface area contributed by atoms with Crippen LogP contribution in [0.15, 0.2) is 71.6 Å². The molecule has 0 bridgehead atoms. The van der Waals surface area contributed by atoms with Crippen LogP contribution in [0.2, 0.25) is 5.02 Å². The number of benzene rings is 3. The number of piperidine rings is 1. The van der Waals surface area contributed by atoms with Crippen LogP contribution in [-0.2, 0) is 14.8 Å². The Morgan fingerprint density at radius 2 is 1.62 bits per heavy atom. The third-order valence-corrected chi connectivity index (χ3v) is 8.42. The van der Waals surface area contributed by atoms with Gasteiger partial charge in [0.15, 0.2) is 0 Å². The van der Waals surface area contributed by atoms with Crippen LogP contribution >= 0.6 is 11.6 Å². The monoisotopic (exact) mass is 539 g/mol. The highest BCUT2D eigenvalue weighted by Crippen LogP contribution is 2.30. The van der Waals surface area contributed by atoms with Gasteiger partial charge in [0.05, 0.1) is 21.8 Å². The van der Waals surface area contributed by atoms with Gasteiger partial charge >= 0.3 is 0 Å². The number of nitrogens with zero attached hydrogens (tertiary/aromatic N) is 2. The molecule has 0 unspecified atom stereocenters. The van der Waals surface area contributed by atoms with Crippen molar-refractivity contribution >= 4 is 44.8 Å². The number of sulfonamides is 1. The lowest BCUT2D eigenvalue weighted by atomic mass is 10.1. The molecule has 3 aromatic carbocycles. The molecule has 7 nitrogen and oxygen atoms in total. The van der Waals surface area contributed by atoms with Gasteiger partial charge in [-0.25, -0.2) is 8.42 Å². The van der Waals surface area contributed by atoms with Crippen molar-refractivity contribution in [3.8, 4) is 0 Å². The Kier molecular flexibility index (Phi) is 8.19. The predicted molar refractivity (Wildman–Crippen MR) is 147 cm³/mol. The molecule has 37 heavy (non-hydrogen) atoms. The second kappa shape index (κ2) is 11.4. The molecule has 0 saturated carbocycles. The second-order valence-corrected chi connectivity index (χ2v) is 11.5. The van der Waals surface area contributed by atoms with Gasteiger partial charge in [0.2, 0.25) is 5.91 Å². The summed E-state index contributed by atoms with van der Waals surface area (Å²) in [7, 11) is -4.10. The van der Waals surface area contributed by atoms with Gasteiger partial charge < -0.3 is 10.2 Å². The Morgan fingerprint density at radius 1 is 0.946 bits per heavy atom. The SMILES string of the molecule is Cc1ccc(S(=O)(=O)N(CC(=O)Nc2ccccc2C(=O)N2CCCCC2)c2cc(Cl)ccc2C)cc1. The zero-order valence-corrected chi connectivity index (χ0v) is 22.5. The van der Waals surface area contributed by atoms with E-state index in [1.165, 1.54) is 18.2 Å². The molecule has 0 atom stereocenters. The van der Waals surface area contributed by atoms with Crippen molar-refractivity contribution in [2.24, 2.45) is 0 Å². The van der Waals surface area contributed by atoms with Crippen LogP contribution in [-0.4, -0.2) is 44.8 Å². The summed E-state index contributed by atoms with van der Waals surface area (Å²) in [6.45, 7) is 4.48. The van der Waals surface area contributed by atoms with Crippen molar-refractivity contribution in [1.29, 1.82) is 0 Å². The molecule has 2 amide bonds. The summed E-state index contributed by atoms with van der Waals surface area (Å²) in [5, 5.41) is 3.12. The number of rotatable bonds is 7. The quantitative estimate of drug-likeness (QED) is 0.434. The van der Waals surface area contributed by atoms with Crippen LogP contribution in [0.1, 0.15) is 40.7 Å². The standard InChI is InChI=1S/C28H30ClN3O4S/c1-20-10-14-23(15-11-20)37(35,36)32(26-18-22(29)13-12-21(26)2)19-27(33)30-25-9-5-4-8-24(25)28(34)31-16-6-3-7-17-31/h4-5,8-15,18H,3,6-7,16-17,19H2,1-2H3,(H,30,33). The molecule has 1 N–H and O–H groups in total. The zero-order valence-electron chi connectivity index (χ0n) is 20.9. The fourth-order valence-corrected chi connectivity index (χ4v) is 6.00. The topological polar surface area (TPSA) is 86.8 Å². The number of hydrogen-bond donors (Lipinski definition) is 1. The Bertz CT molecular complexity index is 1400. The molecule has 0 aromatic heterocycles. The first-order valence-corrected chi connectivity index (χ1v) is 14.0. The average molecular weight is 540 g/mol. The Balaban J connectivity index is 1.65. The maximum Gasteiger partial charge on any atom is 0.264 e. The molecule has 3 aromatic rings. The number of likely N-dealkylation sites (tertiary alicyclic amines) is 1. The molecule has 0 spiro atoms. The number of halogens is 1. The van der Waals surface area contributed by atoms with Crippen molar-refractivity contribution in [3.05, 3.63) is 88.4 Å². The van der Waals surface area contributed by atoms with Crippen LogP contribution in [0.3, 0.4) is 0 Å². The van der Waals surface area contributed by atoms with Gasteiger partial charge in [-0.3, -0.25) is 13.9 Å². The second-order valence-electron chi connectivity index (χ2n) is 9.20. The first-order chi connectivity index (χ1) is 17.7. The number of anilines is 2. The lowest BCUT2D eigenvalue weighted by Gasteiger charge is -2.28. The average Bonchev–Trinajstić information content (AvgIpc) is 2.89. The predicted octanol–water partition coefficient (Wildman–Crippen LogP) is 5.42. The molecule has 1 fully saturated rings. The van der Waals surface area contributed by atoms with Crippen molar-refractivity contribution in [2.75, 3.05) is 29.3 Å². The molecule has 1 saturated heterocycles. The fraction of sp³-hybridized carbons (Fsp3) is 0.286. The van der Waals surface area contributed by atoms with Crippen molar-refractivity contribution in [3.63, 3.8) is 0 Å². The Morgan fingerprint density at radius 3 is 2.32 bits per heavy atom. The molecule has 1 aliphatic heterocycles. The van der Waals surface area contributed by atoms with E-state index in [1.807, 2.05) is 6.92 Å². The first-order valence-electron chi connectivity index (χ1n) is 12.2. The minimum absolute atomic E-state index is 0.0611. The number of hydrogen-bond acceptors (Lipinski definition) is 4. The van der Waals surface area contributed by atoms with Crippen molar-refractivity contribution < 1.29 is 18.0 Å². The van der Waals surface area contributed by atoms with Gasteiger partial charge in [-0.05, 0) is 75.1 Å². The van der Waals surface area contributed by atoms with Gasteiger partial charge in [0.1, 0.15) is 6.54 Å². The van der Waals surface area contributed by atoms with Crippen LogP contribution in [0.5, 0.6) is 0 Å². The number of amides is 2. The Hall–Kier alpha value is -3.36. The zero-order chi connectivity index (χ0) is 26.6. The highest BCUT2D eigenvalue weighted by molar-refractivity contribution is 7.92. The molecule has 9 heteroatoms. The Labute approximate surface area is 223 Å². The largest absolute Gasteiger partial charge is 0.339 e. The minimum Gasteiger partial charge on any atom is -0.339 e. The number of carbonyl (C=O) groups excluding carboxylic acids is 2. The highest BCUT2D eigenvalue weighted by Gasteiger charge is 2.29. The summed E-state index contributed by atoms with van der Waals surface area (Å²) in [6, 6.07) is 18.2. The summed E-state index contributed by atoms with van der Waals surface area (Å²) in [4.78, 5) is 28.3. The normalized spacial score (nSPS) is 13.8. The molecular formula is C28H30ClN3O4S. The van der Waals surface area contributed by atoms with E-state index in [-0.39, 0.29) is 10.8 Å². The molecule has 4 rings (SSSR count). The smallest absolute Gasteiger partial charge is 0.264 e. The molecule has 194 valence electrons. The fourth-order valence-electron chi connectivity index (χ4n) is 4.35. The van der Waals surface area contributed by atoms with Crippen LogP contribution in [0.4, 0.5) is 11.4 Å². The van der Waals surface area contributed by atoms with Gasteiger partial charge in [-0.1, -0.05) is 47.5 Å². The van der Waals surface area contributed by atoms with Gasteiger partial charge in [-0.15, -0.1) is 0 Å². The lowest BCUT2D eigenvalue weighted by molar-refractivity contribution is -0.114. The third-order valence-electron chi connectivity index (χ3n) is 6.41. The van der Waals surface area contributed by atoms with E-state index in [0.717, 1.165) is 29.1 Å². The van der Waals surface area contributed by atoms with Gasteiger partial charge in [-0.2, -0.15) is 0 Å². The van der Waals surface area contributed by atoms with Gasteiger partial charge in [0, 0.05) is 18.1 Å². The molecule has 0 aliphatic carbocycles. The lowest BCUT2D eigenvalue weighted by Crippen LogP contribution is -2.39. The van der Waals surface area contributed by atoms with Crippen molar-refractivity contribution in [1.82, 2.24) is 4.90 Å². The van der Waals surface area contributed by atoms with Gasteiger partial charge in [0.25, 0.3) is 15.9 Å². The number of nitrogens with one attached hydrogen (secondary N) is 1. The first kappa shape index (κ1) is 26.7. The van der Waals surface area contributed by atoms with Crippen LogP contribution in [0, 0.1) is 13.8 Å². The molecule has 1 aliphatic rings. The molecule has 1 heterocycles. The van der Waals surface area contributed by atoms with Crippen molar-refractivity contribution in [2.45, 2.75) is 38.0 Å². The summed E-state index contributed by atoms with van der Waals surface area (Å²) in [5.41, 5.74) is 2.59. The molecular weight excluding hydrogens is 510 g/mol. The summed E-state index contributed by atoms with van der Waals surface area (Å²) < 4.78 is 28.5. The van der Waals surface area contributed by atoms with Crippen LogP contribution < -0.4 is 9.62 Å². The maximum absolute atomic E-state index is 13.7. The number of aryl methyl sites for hydroxylation is 2. The van der Waals surface area contributed by atoms with E-state index in [9.17, 15) is 18.0 Å². The van der Waals surface area contributed by atoms with E-state index in [4.69, 9.17) is 11.6 Å². The summed E-state index contributed by atoms with van der Waals surface area (Å²) in [5.74, 6) is -0.723. The van der Waals surface area contributed by atoms with Crippen LogP contribution in [0.25, 0.3) is 0 Å². The summed E-state index contributed by atoms with van der Waals surface area (Å²) >= 11 is 6.21. The van der Waals surface area contributed by atoms with E-state index < -0.39 is 22.5 Å². The van der Waals surface area contributed by atoms with E-state index in [2.05, 4.69) is 5.32 Å². The van der Waals surface area contributed by atoms with E-state index in [0.29, 0.717) is 40.6 Å². The third kappa shape index (κ3) is 6.14. The number of carbonyl (C=O) groups is 2. The summed E-state index contributed by atoms with van der Waals surface area (Å²) in [6.07, 6.45) is 2.99.